The summed E-state index contributed by atoms with van der Waals surface area (Å²) in [6.07, 6.45) is 4.86. The lowest BCUT2D eigenvalue weighted by molar-refractivity contribution is 0.313. The molecule has 210 valence electrons. The van der Waals surface area contributed by atoms with Crippen LogP contribution in [0.3, 0.4) is 0 Å². The average molecular weight is 558 g/mol. The molecule has 3 heterocycles. The third-order valence-corrected chi connectivity index (χ3v) is 7.90. The standard InChI is InChI=1S/C31H39N7OS/c1-22(2)18-23(3)27-8-6-7-9-28(27)29-19-30(34-31(33-29)35-40-26-20-32-37(5)21-26)39-25-12-10-24(11-13-25)38-16-14-36(4)15-17-38/h6-13,19-23H,14-18H2,1-5H3,(H,33,34,35). The fourth-order valence-electron chi connectivity index (χ4n) is 5.12. The summed E-state index contributed by atoms with van der Waals surface area (Å²) in [5, 5.41) is 4.25. The molecular weight excluding hydrogens is 518 g/mol. The molecule has 1 N–H and O–H groups in total. The molecule has 1 aliphatic rings. The van der Waals surface area contributed by atoms with Crippen molar-refractivity contribution >= 4 is 23.6 Å². The highest BCUT2D eigenvalue weighted by molar-refractivity contribution is 8.00. The van der Waals surface area contributed by atoms with E-state index in [1.54, 1.807) is 4.68 Å². The molecule has 0 bridgehead atoms. The number of nitrogens with one attached hydrogen (secondary N) is 1. The molecule has 1 saturated heterocycles. The van der Waals surface area contributed by atoms with Crippen LogP contribution in [0, 0.1) is 5.92 Å². The van der Waals surface area contributed by atoms with Gasteiger partial charge in [0.2, 0.25) is 11.8 Å². The number of aryl methyl sites for hydroxylation is 1. The third-order valence-electron chi connectivity index (χ3n) is 7.16. The first-order valence-electron chi connectivity index (χ1n) is 14.0. The van der Waals surface area contributed by atoms with Crippen LogP contribution >= 0.6 is 11.9 Å². The van der Waals surface area contributed by atoms with E-state index in [2.05, 4.69) is 83.8 Å². The Bertz CT molecular complexity index is 1400. The first-order chi connectivity index (χ1) is 19.3. The van der Waals surface area contributed by atoms with Gasteiger partial charge < -0.3 is 14.5 Å². The Morgan fingerprint density at radius 3 is 2.40 bits per heavy atom. The monoisotopic (exact) mass is 557 g/mol. The molecule has 1 fully saturated rings. The molecule has 40 heavy (non-hydrogen) atoms. The Kier molecular flexibility index (Phi) is 8.91. The highest BCUT2D eigenvalue weighted by atomic mass is 32.2. The van der Waals surface area contributed by atoms with Crippen molar-refractivity contribution in [1.29, 1.82) is 0 Å². The van der Waals surface area contributed by atoms with Gasteiger partial charge in [-0.2, -0.15) is 10.1 Å². The highest BCUT2D eigenvalue weighted by Gasteiger charge is 2.18. The molecule has 9 heteroatoms. The van der Waals surface area contributed by atoms with Gasteiger partial charge in [0.15, 0.2) is 0 Å². The first kappa shape index (κ1) is 28.0. The minimum atomic E-state index is 0.402. The lowest BCUT2D eigenvalue weighted by Crippen LogP contribution is -2.44. The van der Waals surface area contributed by atoms with Crippen LogP contribution in [0.25, 0.3) is 11.3 Å². The van der Waals surface area contributed by atoms with Crippen molar-refractivity contribution in [3.8, 4) is 22.9 Å². The molecule has 2 aromatic heterocycles. The second-order valence-corrected chi connectivity index (χ2v) is 11.9. The van der Waals surface area contributed by atoms with E-state index in [0.29, 0.717) is 23.7 Å². The maximum atomic E-state index is 6.32. The summed E-state index contributed by atoms with van der Waals surface area (Å²) in [6.45, 7) is 11.0. The molecule has 2 aromatic carbocycles. The number of hydrogen-bond donors (Lipinski definition) is 1. The van der Waals surface area contributed by atoms with E-state index in [1.807, 2.05) is 37.6 Å². The fraction of sp³-hybridized carbons (Fsp3) is 0.387. The van der Waals surface area contributed by atoms with Crippen molar-refractivity contribution in [1.82, 2.24) is 24.6 Å². The number of piperazine rings is 1. The molecule has 1 aliphatic heterocycles. The Balaban J connectivity index is 1.42. The predicted molar refractivity (Wildman–Crippen MR) is 164 cm³/mol. The van der Waals surface area contributed by atoms with Gasteiger partial charge in [0.25, 0.3) is 0 Å². The largest absolute Gasteiger partial charge is 0.439 e. The fourth-order valence-corrected chi connectivity index (χ4v) is 5.73. The van der Waals surface area contributed by atoms with Gasteiger partial charge in [0.05, 0.1) is 16.8 Å². The molecule has 8 nitrogen and oxygen atoms in total. The molecule has 4 aromatic rings. The van der Waals surface area contributed by atoms with Crippen LogP contribution in [-0.4, -0.2) is 57.9 Å². The zero-order valence-electron chi connectivity index (χ0n) is 24.0. The van der Waals surface area contributed by atoms with Crippen molar-refractivity contribution in [3.05, 3.63) is 72.6 Å². The molecule has 5 rings (SSSR count). The van der Waals surface area contributed by atoms with Crippen molar-refractivity contribution in [3.63, 3.8) is 0 Å². The normalized spacial score (nSPS) is 14.9. The smallest absolute Gasteiger partial charge is 0.237 e. The van der Waals surface area contributed by atoms with Crippen LogP contribution in [0.15, 0.2) is 71.9 Å². The first-order valence-corrected chi connectivity index (χ1v) is 14.8. The number of anilines is 2. The number of ether oxygens (including phenoxy) is 1. The number of likely N-dealkylation sites (N-methyl/N-ethyl adjacent to an activating group) is 1. The van der Waals surface area contributed by atoms with E-state index in [4.69, 9.17) is 14.7 Å². The number of benzene rings is 2. The van der Waals surface area contributed by atoms with Gasteiger partial charge in [0, 0.05) is 56.7 Å². The Morgan fingerprint density at radius 1 is 0.950 bits per heavy atom. The van der Waals surface area contributed by atoms with Crippen molar-refractivity contribution in [2.24, 2.45) is 13.0 Å². The summed E-state index contributed by atoms with van der Waals surface area (Å²) < 4.78 is 11.4. The van der Waals surface area contributed by atoms with E-state index in [1.165, 1.54) is 23.2 Å². The zero-order valence-corrected chi connectivity index (χ0v) is 24.9. The second kappa shape index (κ2) is 12.7. The van der Waals surface area contributed by atoms with Crippen molar-refractivity contribution in [2.45, 2.75) is 38.0 Å². The van der Waals surface area contributed by atoms with E-state index < -0.39 is 0 Å². The van der Waals surface area contributed by atoms with E-state index in [9.17, 15) is 0 Å². The zero-order chi connectivity index (χ0) is 28.1. The molecule has 0 amide bonds. The number of hydrogen-bond acceptors (Lipinski definition) is 8. The summed E-state index contributed by atoms with van der Waals surface area (Å²) in [7, 11) is 4.07. The van der Waals surface area contributed by atoms with Crippen LogP contribution in [-0.2, 0) is 7.05 Å². The summed E-state index contributed by atoms with van der Waals surface area (Å²) in [5.74, 6) is 2.74. The van der Waals surface area contributed by atoms with Gasteiger partial charge in [-0.25, -0.2) is 4.98 Å². The highest BCUT2D eigenvalue weighted by Crippen LogP contribution is 2.35. The van der Waals surface area contributed by atoms with Crippen LogP contribution in [0.2, 0.25) is 0 Å². The minimum absolute atomic E-state index is 0.402. The Morgan fingerprint density at radius 2 is 1.70 bits per heavy atom. The SMILES string of the molecule is CC(C)CC(C)c1ccccc1-c1cc(Oc2ccc(N3CCN(C)CC3)cc2)nc(NSc2cnn(C)c2)n1. The van der Waals surface area contributed by atoms with Crippen LogP contribution in [0.5, 0.6) is 11.6 Å². The van der Waals surface area contributed by atoms with E-state index in [0.717, 1.165) is 54.5 Å². The quantitative estimate of drug-likeness (QED) is 0.216. The maximum Gasteiger partial charge on any atom is 0.237 e. The summed E-state index contributed by atoms with van der Waals surface area (Å²) >= 11 is 1.43. The minimum Gasteiger partial charge on any atom is -0.439 e. The van der Waals surface area contributed by atoms with E-state index >= 15 is 0 Å². The van der Waals surface area contributed by atoms with Gasteiger partial charge in [-0.05, 0) is 67.1 Å². The molecule has 0 spiro atoms. The lowest BCUT2D eigenvalue weighted by atomic mass is 9.88. The van der Waals surface area contributed by atoms with Gasteiger partial charge >= 0.3 is 0 Å². The van der Waals surface area contributed by atoms with Gasteiger partial charge in [-0.1, -0.05) is 45.0 Å². The number of rotatable bonds is 10. The van der Waals surface area contributed by atoms with Crippen molar-refractivity contribution < 1.29 is 4.74 Å². The number of nitrogens with zero attached hydrogens (tertiary/aromatic N) is 6. The van der Waals surface area contributed by atoms with E-state index in [-0.39, 0.29) is 0 Å². The second-order valence-electron chi connectivity index (χ2n) is 11.0. The number of aromatic nitrogens is 4. The lowest BCUT2D eigenvalue weighted by Gasteiger charge is -2.34. The van der Waals surface area contributed by atoms with Gasteiger partial charge in [0.1, 0.15) is 5.75 Å². The van der Waals surface area contributed by atoms with Crippen LogP contribution < -0.4 is 14.4 Å². The van der Waals surface area contributed by atoms with Gasteiger partial charge in [-0.3, -0.25) is 9.40 Å². The van der Waals surface area contributed by atoms with Gasteiger partial charge in [-0.15, -0.1) is 0 Å². The molecule has 1 unspecified atom stereocenters. The molecule has 1 atom stereocenters. The van der Waals surface area contributed by atoms with Crippen molar-refractivity contribution in [2.75, 3.05) is 42.8 Å². The molecule has 0 radical (unpaired) electrons. The third kappa shape index (κ3) is 7.14. The summed E-state index contributed by atoms with van der Waals surface area (Å²) in [6, 6.07) is 18.8. The van der Waals surface area contributed by atoms with Crippen LogP contribution in [0.4, 0.5) is 11.6 Å². The summed E-state index contributed by atoms with van der Waals surface area (Å²) in [4.78, 5) is 15.4. The average Bonchev–Trinajstić information content (AvgIpc) is 3.37. The Labute approximate surface area is 241 Å². The maximum absolute atomic E-state index is 6.32. The Hall–Kier alpha value is -3.56. The predicted octanol–water partition coefficient (Wildman–Crippen LogP) is 6.69. The topological polar surface area (TPSA) is 71.3 Å². The molecular formula is C31H39N7OS. The van der Waals surface area contributed by atoms with Crippen LogP contribution in [0.1, 0.15) is 38.7 Å². The molecule has 0 saturated carbocycles. The molecule has 0 aliphatic carbocycles. The summed E-state index contributed by atoms with van der Waals surface area (Å²) in [5.41, 5.74) is 4.43.